The Bertz CT molecular complexity index is 8610. The highest BCUT2D eigenvalue weighted by atomic mass is 32.1. The van der Waals surface area contributed by atoms with Crippen LogP contribution in [0.15, 0.2) is 402 Å². The fourth-order valence-corrected chi connectivity index (χ4v) is 19.1. The third-order valence-electron chi connectivity index (χ3n) is 23.5. The van der Waals surface area contributed by atoms with E-state index in [2.05, 4.69) is 325 Å². The van der Waals surface area contributed by atoms with E-state index in [1.807, 2.05) is 84.5 Å². The fourth-order valence-electron chi connectivity index (χ4n) is 17.9. The summed E-state index contributed by atoms with van der Waals surface area (Å²) in [5, 5.41) is 17.5. The van der Waals surface area contributed by atoms with Crippen molar-refractivity contribution in [3.63, 3.8) is 0 Å². The fraction of sp³-hybridized carbons (Fsp3) is 0. The van der Waals surface area contributed by atoms with E-state index < -0.39 is 0 Å². The maximum absolute atomic E-state index is 6.21. The van der Waals surface area contributed by atoms with Crippen LogP contribution in [-0.4, -0.2) is 39.0 Å². The summed E-state index contributed by atoms with van der Waals surface area (Å²) in [5.41, 5.74) is 25.9. The summed E-state index contributed by atoms with van der Waals surface area (Å²) >= 11 is 1.85. The summed E-state index contributed by atoms with van der Waals surface area (Å²) in [6, 6.07) is 130. The van der Waals surface area contributed by atoms with Crippen molar-refractivity contribution in [1.82, 2.24) is 39.0 Å². The molecule has 9 aromatic heterocycles. The zero-order valence-corrected chi connectivity index (χ0v) is 65.0. The molecule has 17 aromatic carbocycles. The van der Waals surface area contributed by atoms with Crippen molar-refractivity contribution < 1.29 is 13.3 Å². The number of nitrogens with zero attached hydrogens (tertiary/aromatic N) is 8. The van der Waals surface area contributed by atoms with E-state index in [0.29, 0.717) is 17.1 Å². The smallest absolute Gasteiger partial charge is 0.246 e. The van der Waals surface area contributed by atoms with Gasteiger partial charge in [0, 0.05) is 69.8 Å². The van der Waals surface area contributed by atoms with Gasteiger partial charge in [0.25, 0.3) is 0 Å². The molecule has 0 unspecified atom stereocenters. The number of fused-ring (bicyclic) bond motifs is 24. The van der Waals surface area contributed by atoms with Gasteiger partial charge in [0.1, 0.15) is 33.3 Å². The molecule has 0 aliphatic carbocycles. The largest absolute Gasteiger partial charge is 0.436 e. The molecule has 26 rings (SSSR count). The topological polar surface area (TPSA) is 127 Å². The van der Waals surface area contributed by atoms with Crippen molar-refractivity contribution in [3.8, 4) is 78.5 Å². The van der Waals surface area contributed by atoms with E-state index in [4.69, 9.17) is 43.2 Å². The predicted molar refractivity (Wildman–Crippen MR) is 495 cm³/mol. The molecular formula is C108H64N8O3S. The molecule has 11 nitrogen and oxygen atoms in total. The summed E-state index contributed by atoms with van der Waals surface area (Å²) in [6.07, 6.45) is 5.57. The highest BCUT2D eigenvalue weighted by Crippen LogP contribution is 2.44. The normalized spacial score (nSPS) is 11.8. The Hall–Kier alpha value is -16.0. The first kappa shape index (κ1) is 68.4. The zero-order chi connectivity index (χ0) is 78.9. The molecule has 0 aliphatic heterocycles. The summed E-state index contributed by atoms with van der Waals surface area (Å²) in [5.74, 6) is 0. The van der Waals surface area contributed by atoms with Crippen molar-refractivity contribution in [3.05, 3.63) is 389 Å². The molecule has 0 N–H and O–H groups in total. The number of furan rings is 3. The standard InChI is InChI=1S/C44H27N3O.C32H19N3O.C32H18N2OS/c1-2-15-34(16-3-1)47-39-19-7-6-18-36(39)37-26-32(20-22-40(37)47)30-12-8-11-29(24-30)31-13-9-14-33(25-31)38-27-45-43-42-35-17-5-4-10-28(35)21-23-41(42)48-44(43)46-38;1-2-11-23-20(8-1)16-17-29-30(23)31-32(36-29)34-26(19-33-31)21-9-7-10-22(18-21)35-27-14-5-3-12-24(27)25-13-4-6-15-28(25)35;1-2-10-22-19(7-1)15-16-27-29(22)30-32(35-27)34-26(18-33-30)21-9-5-8-20(17-21)23-12-6-13-25-24-11-3-4-14-28(24)36-31(23)25/h1-27H;1-19H;1-18H. The Morgan fingerprint density at radius 2 is 0.592 bits per heavy atom. The van der Waals surface area contributed by atoms with E-state index in [0.717, 1.165) is 133 Å². The molecular weight excluding hydrogens is 1490 g/mol. The number of hydrogen-bond acceptors (Lipinski definition) is 10. The van der Waals surface area contributed by atoms with Crippen LogP contribution < -0.4 is 0 Å². The molecule has 0 amide bonds. The number of para-hydroxylation sites is 4. The maximum atomic E-state index is 6.21. The van der Waals surface area contributed by atoms with Gasteiger partial charge in [0.05, 0.1) is 73.9 Å². The molecule has 0 atom stereocenters. The van der Waals surface area contributed by atoms with Crippen LogP contribution in [0.3, 0.4) is 0 Å². The second-order valence-corrected chi connectivity index (χ2v) is 31.4. The summed E-state index contributed by atoms with van der Waals surface area (Å²) < 4.78 is 25.8. The van der Waals surface area contributed by atoms with Crippen molar-refractivity contribution in [2.24, 2.45) is 0 Å². The first-order valence-corrected chi connectivity index (χ1v) is 40.9. The lowest BCUT2D eigenvalue weighted by molar-refractivity contribution is 0.653. The van der Waals surface area contributed by atoms with Crippen molar-refractivity contribution in [2.75, 3.05) is 0 Å². The Morgan fingerprint density at radius 1 is 0.233 bits per heavy atom. The Balaban J connectivity index is 0.000000104. The summed E-state index contributed by atoms with van der Waals surface area (Å²) in [7, 11) is 0. The molecule has 12 heteroatoms. The van der Waals surface area contributed by atoms with Gasteiger partial charge in [-0.2, -0.15) is 0 Å². The molecule has 0 bridgehead atoms. The van der Waals surface area contributed by atoms with Gasteiger partial charge in [-0.15, -0.1) is 11.3 Å². The van der Waals surface area contributed by atoms with Crippen LogP contribution in [0, 0.1) is 0 Å². The lowest BCUT2D eigenvalue weighted by atomic mass is 9.96. The lowest BCUT2D eigenvalue weighted by Crippen LogP contribution is -1.95. The minimum Gasteiger partial charge on any atom is -0.436 e. The summed E-state index contributed by atoms with van der Waals surface area (Å²) in [4.78, 5) is 29.2. The van der Waals surface area contributed by atoms with E-state index in [-0.39, 0.29) is 0 Å². The van der Waals surface area contributed by atoms with Crippen molar-refractivity contribution in [1.29, 1.82) is 0 Å². The molecule has 0 saturated heterocycles. The number of thiophene rings is 1. The van der Waals surface area contributed by atoms with E-state index in [1.165, 1.54) is 91.4 Å². The lowest BCUT2D eigenvalue weighted by Gasteiger charge is -2.10. The van der Waals surface area contributed by atoms with Crippen LogP contribution in [-0.2, 0) is 0 Å². The molecule has 0 saturated carbocycles. The monoisotopic (exact) mass is 1550 g/mol. The molecule has 0 radical (unpaired) electrons. The Morgan fingerprint density at radius 3 is 1.11 bits per heavy atom. The number of rotatable bonds is 8. The SMILES string of the molecule is c1cc(-c2cnc3c(n2)oc2ccc4ccccc4c23)cc(-c2cccc3c2sc2ccccc23)c1.c1cc(-c2cnc3c(n2)oc2ccc4ccccc4c23)cc(-n2c3ccccc3c3ccccc32)c1.c1ccc(-n2c3ccccc3c3cc(-c4cccc(-c5cccc(-c6cnc7c(n6)oc6ccc8ccccc8c67)c5)c4)ccc32)cc1. The van der Waals surface area contributed by atoms with Crippen molar-refractivity contribution >= 4 is 174 Å². The third-order valence-corrected chi connectivity index (χ3v) is 24.7. The average molecular weight is 1550 g/mol. The van der Waals surface area contributed by atoms with Gasteiger partial charge in [-0.05, 0) is 163 Å². The molecule has 9 heterocycles. The van der Waals surface area contributed by atoms with Gasteiger partial charge >= 0.3 is 0 Å². The molecule has 560 valence electrons. The Labute approximate surface area is 688 Å². The quantitative estimate of drug-likeness (QED) is 0.146. The first-order valence-electron chi connectivity index (χ1n) is 40.1. The van der Waals surface area contributed by atoms with Gasteiger partial charge in [-0.3, -0.25) is 0 Å². The second-order valence-electron chi connectivity index (χ2n) is 30.4. The molecule has 0 fully saturated rings. The molecule has 0 aliphatic rings. The van der Waals surface area contributed by atoms with Gasteiger partial charge in [-0.25, -0.2) is 29.9 Å². The zero-order valence-electron chi connectivity index (χ0n) is 64.2. The minimum absolute atomic E-state index is 0.551. The van der Waals surface area contributed by atoms with Crippen LogP contribution in [0.5, 0.6) is 0 Å². The number of aromatic nitrogens is 8. The second kappa shape index (κ2) is 27.9. The van der Waals surface area contributed by atoms with E-state index in [1.54, 1.807) is 0 Å². The van der Waals surface area contributed by atoms with E-state index >= 15 is 0 Å². The predicted octanol–water partition coefficient (Wildman–Crippen LogP) is 29.2. The Kier molecular flexibility index (Phi) is 15.9. The highest BCUT2D eigenvalue weighted by molar-refractivity contribution is 7.26. The molecule has 26 aromatic rings. The highest BCUT2D eigenvalue weighted by Gasteiger charge is 2.22. The number of hydrogen-bond donors (Lipinski definition) is 0. The minimum atomic E-state index is 0.551. The van der Waals surface area contributed by atoms with Crippen LogP contribution in [0.25, 0.3) is 241 Å². The van der Waals surface area contributed by atoms with Crippen LogP contribution >= 0.6 is 11.3 Å². The first-order chi connectivity index (χ1) is 59.5. The van der Waals surface area contributed by atoms with Gasteiger partial charge in [0.2, 0.25) is 17.1 Å². The van der Waals surface area contributed by atoms with Gasteiger partial charge < -0.3 is 22.4 Å². The number of benzene rings is 17. The van der Waals surface area contributed by atoms with Crippen LogP contribution in [0.4, 0.5) is 0 Å². The van der Waals surface area contributed by atoms with Gasteiger partial charge in [-0.1, -0.05) is 273 Å². The van der Waals surface area contributed by atoms with Crippen LogP contribution in [0.2, 0.25) is 0 Å². The summed E-state index contributed by atoms with van der Waals surface area (Å²) in [6.45, 7) is 0. The van der Waals surface area contributed by atoms with Crippen molar-refractivity contribution in [2.45, 2.75) is 0 Å². The van der Waals surface area contributed by atoms with Crippen LogP contribution in [0.1, 0.15) is 0 Å². The van der Waals surface area contributed by atoms with Gasteiger partial charge in [0.15, 0.2) is 0 Å². The molecule has 120 heavy (non-hydrogen) atoms. The third kappa shape index (κ3) is 11.4. The average Bonchev–Trinajstić information content (AvgIpc) is 1.61. The van der Waals surface area contributed by atoms with E-state index in [9.17, 15) is 0 Å². The molecule has 0 spiro atoms. The maximum Gasteiger partial charge on any atom is 0.246 e.